The fraction of sp³-hybridized carbons (Fsp3) is 0.667. The van der Waals surface area contributed by atoms with Gasteiger partial charge in [0.25, 0.3) is 0 Å². The number of anilines is 2. The van der Waals surface area contributed by atoms with E-state index in [1.165, 1.54) is 0 Å². The summed E-state index contributed by atoms with van der Waals surface area (Å²) in [6.45, 7) is 7.42. The van der Waals surface area contributed by atoms with Gasteiger partial charge in [0.15, 0.2) is 23.3 Å². The Balaban J connectivity index is 2.94. The average molecular weight is 300 g/mol. The molecule has 0 amide bonds. The summed E-state index contributed by atoms with van der Waals surface area (Å²) >= 11 is 0. The van der Waals surface area contributed by atoms with E-state index in [1.54, 1.807) is 0 Å². The summed E-state index contributed by atoms with van der Waals surface area (Å²) in [4.78, 5) is 6.07. The summed E-state index contributed by atoms with van der Waals surface area (Å²) in [5.41, 5.74) is 0. The molecule has 0 spiro atoms. The molecule has 0 aliphatic rings. The van der Waals surface area contributed by atoms with E-state index >= 15 is 0 Å². The van der Waals surface area contributed by atoms with E-state index in [1.807, 2.05) is 25.9 Å². The van der Waals surface area contributed by atoms with Gasteiger partial charge >= 0.3 is 0 Å². The first-order chi connectivity index (χ1) is 9.85. The van der Waals surface area contributed by atoms with Gasteiger partial charge in [0.2, 0.25) is 0 Å². The van der Waals surface area contributed by atoms with Crippen LogP contribution in [0.1, 0.15) is 27.2 Å². The standard InChI is InChI=1S/C15H26F2N4/c1-6-7-18-14-11(16)8-12(17)15(20-14)19-13(10(2)3)9-21(4)5/h8,10,13H,6-7,9H2,1-5H3,(H2,18,19,20). The molecule has 6 heteroatoms. The van der Waals surface area contributed by atoms with Crippen LogP contribution in [0.2, 0.25) is 0 Å². The minimum absolute atomic E-state index is 0.0338. The van der Waals surface area contributed by atoms with Gasteiger partial charge in [-0.05, 0) is 26.4 Å². The third-order valence-electron chi connectivity index (χ3n) is 3.16. The number of hydrogen-bond acceptors (Lipinski definition) is 4. The maximum absolute atomic E-state index is 13.9. The Labute approximate surface area is 125 Å². The molecule has 0 aliphatic heterocycles. The lowest BCUT2D eigenvalue weighted by Crippen LogP contribution is -2.37. The van der Waals surface area contributed by atoms with Gasteiger partial charge in [-0.2, -0.15) is 0 Å². The molecule has 1 atom stereocenters. The van der Waals surface area contributed by atoms with Crippen molar-refractivity contribution in [2.75, 3.05) is 37.8 Å². The third kappa shape index (κ3) is 5.46. The van der Waals surface area contributed by atoms with Crippen molar-refractivity contribution in [3.8, 4) is 0 Å². The molecule has 0 saturated carbocycles. The molecule has 1 aromatic rings. The van der Waals surface area contributed by atoms with Crippen LogP contribution in [0.15, 0.2) is 6.07 Å². The van der Waals surface area contributed by atoms with E-state index in [2.05, 4.69) is 29.5 Å². The number of hydrogen-bond donors (Lipinski definition) is 2. The van der Waals surface area contributed by atoms with Crippen LogP contribution in [-0.4, -0.2) is 43.1 Å². The Hall–Kier alpha value is -1.43. The number of nitrogens with one attached hydrogen (secondary N) is 2. The first-order valence-corrected chi connectivity index (χ1v) is 7.36. The zero-order chi connectivity index (χ0) is 16.0. The van der Waals surface area contributed by atoms with E-state index in [4.69, 9.17) is 0 Å². The van der Waals surface area contributed by atoms with E-state index < -0.39 is 11.6 Å². The summed E-state index contributed by atoms with van der Waals surface area (Å²) in [7, 11) is 3.92. The van der Waals surface area contributed by atoms with Crippen molar-refractivity contribution < 1.29 is 8.78 Å². The van der Waals surface area contributed by atoms with Crippen LogP contribution in [0.4, 0.5) is 20.4 Å². The van der Waals surface area contributed by atoms with Crippen molar-refractivity contribution in [3.05, 3.63) is 17.7 Å². The topological polar surface area (TPSA) is 40.2 Å². The molecular weight excluding hydrogens is 274 g/mol. The molecule has 1 unspecified atom stereocenters. The van der Waals surface area contributed by atoms with Gasteiger partial charge in [0.05, 0.1) is 0 Å². The van der Waals surface area contributed by atoms with Crippen molar-refractivity contribution in [1.29, 1.82) is 0 Å². The van der Waals surface area contributed by atoms with Crippen LogP contribution in [0.25, 0.3) is 0 Å². The summed E-state index contributed by atoms with van der Waals surface area (Å²) in [5.74, 6) is -0.853. The van der Waals surface area contributed by atoms with Crippen LogP contribution >= 0.6 is 0 Å². The van der Waals surface area contributed by atoms with Gasteiger partial charge in [-0.1, -0.05) is 20.8 Å². The van der Waals surface area contributed by atoms with E-state index in [0.717, 1.165) is 19.0 Å². The van der Waals surface area contributed by atoms with E-state index in [0.29, 0.717) is 12.5 Å². The molecule has 120 valence electrons. The summed E-state index contributed by atoms with van der Waals surface area (Å²) < 4.78 is 27.6. The number of nitrogens with zero attached hydrogens (tertiary/aromatic N) is 2. The Kier molecular flexibility index (Phi) is 6.81. The fourth-order valence-electron chi connectivity index (χ4n) is 1.93. The monoisotopic (exact) mass is 300 g/mol. The van der Waals surface area contributed by atoms with Gasteiger partial charge in [-0.3, -0.25) is 0 Å². The summed E-state index contributed by atoms with van der Waals surface area (Å²) in [6.07, 6.45) is 0.844. The highest BCUT2D eigenvalue weighted by atomic mass is 19.1. The van der Waals surface area contributed by atoms with Crippen molar-refractivity contribution in [3.63, 3.8) is 0 Å². The highest BCUT2D eigenvalue weighted by molar-refractivity contribution is 5.48. The first kappa shape index (κ1) is 17.6. The molecule has 0 saturated heterocycles. The zero-order valence-electron chi connectivity index (χ0n) is 13.5. The SMILES string of the molecule is CCCNc1nc(NC(CN(C)C)C(C)C)c(F)cc1F. The van der Waals surface area contributed by atoms with Crippen molar-refractivity contribution in [2.24, 2.45) is 5.92 Å². The zero-order valence-corrected chi connectivity index (χ0v) is 13.5. The second kappa shape index (κ2) is 8.12. The Morgan fingerprint density at radius 3 is 2.33 bits per heavy atom. The summed E-state index contributed by atoms with van der Waals surface area (Å²) in [6, 6.07) is 0.909. The predicted octanol–water partition coefficient (Wildman–Crippen LogP) is 3.18. The maximum atomic E-state index is 13.9. The molecule has 0 fully saturated rings. The Morgan fingerprint density at radius 1 is 1.19 bits per heavy atom. The van der Waals surface area contributed by atoms with Crippen molar-refractivity contribution >= 4 is 11.6 Å². The van der Waals surface area contributed by atoms with Crippen molar-refractivity contribution in [2.45, 2.75) is 33.2 Å². The second-order valence-electron chi connectivity index (χ2n) is 5.83. The number of likely N-dealkylation sites (N-methyl/N-ethyl adjacent to an activating group) is 1. The molecule has 0 aliphatic carbocycles. The molecular formula is C15H26F2N4. The highest BCUT2D eigenvalue weighted by Gasteiger charge is 2.18. The van der Waals surface area contributed by atoms with Crippen LogP contribution in [0, 0.1) is 17.6 Å². The average Bonchev–Trinajstić information content (AvgIpc) is 2.38. The number of halogens is 2. The largest absolute Gasteiger partial charge is 0.368 e. The molecule has 0 radical (unpaired) electrons. The lowest BCUT2D eigenvalue weighted by molar-refractivity contribution is 0.343. The highest BCUT2D eigenvalue weighted by Crippen LogP contribution is 2.21. The fourth-order valence-corrected chi connectivity index (χ4v) is 1.93. The minimum atomic E-state index is -0.668. The van der Waals surface area contributed by atoms with Crippen LogP contribution in [-0.2, 0) is 0 Å². The molecule has 1 aromatic heterocycles. The normalized spacial score (nSPS) is 12.8. The molecule has 21 heavy (non-hydrogen) atoms. The molecule has 4 nitrogen and oxygen atoms in total. The van der Waals surface area contributed by atoms with Crippen LogP contribution in [0.3, 0.4) is 0 Å². The van der Waals surface area contributed by atoms with E-state index in [9.17, 15) is 8.78 Å². The number of aromatic nitrogens is 1. The first-order valence-electron chi connectivity index (χ1n) is 7.36. The smallest absolute Gasteiger partial charge is 0.168 e. The third-order valence-corrected chi connectivity index (χ3v) is 3.16. The molecule has 0 bridgehead atoms. The van der Waals surface area contributed by atoms with Gasteiger partial charge in [0, 0.05) is 25.2 Å². The Morgan fingerprint density at radius 2 is 1.81 bits per heavy atom. The maximum Gasteiger partial charge on any atom is 0.168 e. The number of pyridine rings is 1. The molecule has 1 heterocycles. The van der Waals surface area contributed by atoms with Crippen LogP contribution in [0.5, 0.6) is 0 Å². The van der Waals surface area contributed by atoms with Crippen LogP contribution < -0.4 is 10.6 Å². The van der Waals surface area contributed by atoms with E-state index in [-0.39, 0.29) is 17.7 Å². The lowest BCUT2D eigenvalue weighted by atomic mass is 10.0. The second-order valence-corrected chi connectivity index (χ2v) is 5.83. The molecule has 2 N–H and O–H groups in total. The van der Waals surface area contributed by atoms with Crippen molar-refractivity contribution in [1.82, 2.24) is 9.88 Å². The Bertz CT molecular complexity index is 450. The molecule has 0 aromatic carbocycles. The van der Waals surface area contributed by atoms with Gasteiger partial charge < -0.3 is 15.5 Å². The van der Waals surface area contributed by atoms with Gasteiger partial charge in [-0.25, -0.2) is 13.8 Å². The quantitative estimate of drug-likeness (QED) is 0.773. The molecule has 1 rings (SSSR count). The van der Waals surface area contributed by atoms with Gasteiger partial charge in [0.1, 0.15) is 0 Å². The predicted molar refractivity (Wildman–Crippen MR) is 83.7 cm³/mol. The summed E-state index contributed by atoms with van der Waals surface area (Å²) in [5, 5.41) is 5.96. The number of rotatable bonds is 8. The van der Waals surface area contributed by atoms with Gasteiger partial charge in [-0.15, -0.1) is 0 Å². The lowest BCUT2D eigenvalue weighted by Gasteiger charge is -2.26. The minimum Gasteiger partial charge on any atom is -0.368 e.